The quantitative estimate of drug-likeness (QED) is 0.286. The highest BCUT2D eigenvalue weighted by molar-refractivity contribution is 5.67. The normalized spacial score (nSPS) is 47.7. The van der Waals surface area contributed by atoms with E-state index in [4.69, 9.17) is 14.2 Å². The van der Waals surface area contributed by atoms with Crippen molar-refractivity contribution < 1.29 is 23.8 Å². The minimum Gasteiger partial charge on any atom is -0.460 e. The predicted octanol–water partition coefficient (Wildman–Crippen LogP) is 6.71. The molecule has 0 bridgehead atoms. The minimum absolute atomic E-state index is 0.0420. The zero-order chi connectivity index (χ0) is 26.0. The number of carbonyl (C=O) groups is 2. The lowest BCUT2D eigenvalue weighted by Gasteiger charge is -2.61. The lowest BCUT2D eigenvalue weighted by Crippen LogP contribution is -2.64. The highest BCUT2D eigenvalue weighted by Gasteiger charge is 2.81. The average Bonchev–Trinajstić information content (AvgIpc) is 3.45. The van der Waals surface area contributed by atoms with Crippen LogP contribution in [0.15, 0.2) is 0 Å². The molecule has 1 heterocycles. The fourth-order valence-electron chi connectivity index (χ4n) is 10.4. The Morgan fingerprint density at radius 3 is 2.31 bits per heavy atom. The van der Waals surface area contributed by atoms with Crippen LogP contribution in [-0.4, -0.2) is 35.9 Å². The molecule has 0 unspecified atom stereocenters. The number of fused-ring (bicyclic) bond motifs is 4. The number of rotatable bonds is 7. The number of hydrogen-bond donors (Lipinski definition) is 0. The van der Waals surface area contributed by atoms with Crippen molar-refractivity contribution in [2.75, 3.05) is 0 Å². The molecule has 204 valence electrons. The van der Waals surface area contributed by atoms with Crippen LogP contribution in [0.1, 0.15) is 113 Å². The van der Waals surface area contributed by atoms with Crippen LogP contribution in [0.2, 0.25) is 0 Å². The Morgan fingerprint density at radius 2 is 1.64 bits per heavy atom. The lowest BCUT2D eigenvalue weighted by molar-refractivity contribution is -0.190. The van der Waals surface area contributed by atoms with E-state index in [1.807, 2.05) is 0 Å². The van der Waals surface area contributed by atoms with Gasteiger partial charge in [-0.05, 0) is 85.9 Å². The molecule has 0 N–H and O–H groups in total. The first kappa shape index (κ1) is 26.5. The fraction of sp³-hybridized carbons (Fsp3) is 0.935. The van der Waals surface area contributed by atoms with E-state index in [2.05, 4.69) is 34.6 Å². The molecule has 4 aliphatic carbocycles. The van der Waals surface area contributed by atoms with Crippen LogP contribution in [-0.2, 0) is 23.8 Å². The summed E-state index contributed by atoms with van der Waals surface area (Å²) in [4.78, 5) is 24.1. The van der Waals surface area contributed by atoms with Gasteiger partial charge in [-0.15, -0.1) is 0 Å². The molecule has 1 spiro atoms. The van der Waals surface area contributed by atoms with Gasteiger partial charge in [-0.1, -0.05) is 53.9 Å². The Bertz CT molecular complexity index is 869. The van der Waals surface area contributed by atoms with Crippen LogP contribution < -0.4 is 0 Å². The Hall–Kier alpha value is -1.10. The summed E-state index contributed by atoms with van der Waals surface area (Å²) in [6.07, 6.45) is 11.4. The summed E-state index contributed by atoms with van der Waals surface area (Å²) >= 11 is 0. The molecule has 5 heteroatoms. The topological polar surface area (TPSA) is 65.1 Å². The van der Waals surface area contributed by atoms with E-state index in [0.717, 1.165) is 37.0 Å². The van der Waals surface area contributed by atoms with Crippen LogP contribution in [0.5, 0.6) is 0 Å². The molecule has 5 rings (SSSR count). The molecule has 5 nitrogen and oxygen atoms in total. The van der Waals surface area contributed by atoms with E-state index in [1.165, 1.54) is 58.8 Å². The van der Waals surface area contributed by atoms with Crippen molar-refractivity contribution in [3.05, 3.63) is 0 Å². The smallest absolute Gasteiger partial charge is 0.303 e. The van der Waals surface area contributed by atoms with Gasteiger partial charge < -0.3 is 14.2 Å². The largest absolute Gasteiger partial charge is 0.460 e. The van der Waals surface area contributed by atoms with E-state index in [-0.39, 0.29) is 35.7 Å². The molecule has 4 saturated carbocycles. The molecular weight excluding hydrogens is 452 g/mol. The van der Waals surface area contributed by atoms with Crippen molar-refractivity contribution in [2.24, 2.45) is 46.3 Å². The second kappa shape index (κ2) is 9.27. The Balaban J connectivity index is 1.39. The summed E-state index contributed by atoms with van der Waals surface area (Å²) in [5.74, 6) is 3.76. The second-order valence-corrected chi connectivity index (χ2v) is 14.2. The first-order chi connectivity index (χ1) is 16.9. The first-order valence-electron chi connectivity index (χ1n) is 15.0. The van der Waals surface area contributed by atoms with Crippen molar-refractivity contribution in [3.8, 4) is 0 Å². The maximum Gasteiger partial charge on any atom is 0.303 e. The number of epoxide rings is 1. The van der Waals surface area contributed by atoms with Gasteiger partial charge in [-0.25, -0.2) is 0 Å². The Labute approximate surface area is 218 Å². The summed E-state index contributed by atoms with van der Waals surface area (Å²) in [5.41, 5.74) is -0.146. The van der Waals surface area contributed by atoms with Gasteiger partial charge in [-0.3, -0.25) is 9.59 Å². The van der Waals surface area contributed by atoms with E-state index < -0.39 is 5.60 Å². The molecule has 0 radical (unpaired) electrons. The highest BCUT2D eigenvalue weighted by Crippen LogP contribution is 2.74. The van der Waals surface area contributed by atoms with Crippen LogP contribution in [0, 0.1) is 46.3 Å². The van der Waals surface area contributed by atoms with Gasteiger partial charge in [0, 0.05) is 19.3 Å². The van der Waals surface area contributed by atoms with E-state index >= 15 is 0 Å². The van der Waals surface area contributed by atoms with Gasteiger partial charge >= 0.3 is 11.9 Å². The number of hydrogen-bond acceptors (Lipinski definition) is 5. The van der Waals surface area contributed by atoms with E-state index in [0.29, 0.717) is 23.2 Å². The summed E-state index contributed by atoms with van der Waals surface area (Å²) in [6, 6.07) is 0. The van der Waals surface area contributed by atoms with Crippen LogP contribution in [0.4, 0.5) is 0 Å². The van der Waals surface area contributed by atoms with Crippen molar-refractivity contribution in [3.63, 3.8) is 0 Å². The maximum absolute atomic E-state index is 12.3. The van der Waals surface area contributed by atoms with E-state index in [9.17, 15) is 9.59 Å². The van der Waals surface area contributed by atoms with Crippen molar-refractivity contribution in [1.29, 1.82) is 0 Å². The van der Waals surface area contributed by atoms with Gasteiger partial charge in [0.25, 0.3) is 0 Å². The van der Waals surface area contributed by atoms with Crippen molar-refractivity contribution in [1.82, 2.24) is 0 Å². The molecule has 5 fully saturated rings. The van der Waals surface area contributed by atoms with Gasteiger partial charge in [0.05, 0.1) is 0 Å². The van der Waals surface area contributed by atoms with Crippen molar-refractivity contribution >= 4 is 11.9 Å². The zero-order valence-corrected chi connectivity index (χ0v) is 23.8. The zero-order valence-electron chi connectivity index (χ0n) is 23.8. The number of esters is 2. The SMILES string of the molecule is CC(=O)O[C@H]1CC[C@]2(C)[C@H]3CC[C@]4(C)[C@@H]([C@H](C)CCCC(C)C)CC[C@H]4[C@@H]3C[C@@H](OC(C)=O)[C@]23O[C@H]13. The second-order valence-electron chi connectivity index (χ2n) is 14.2. The van der Waals surface area contributed by atoms with Gasteiger partial charge in [-0.2, -0.15) is 0 Å². The van der Waals surface area contributed by atoms with Gasteiger partial charge in [0.15, 0.2) is 0 Å². The summed E-state index contributed by atoms with van der Waals surface area (Å²) in [5, 5.41) is 0. The lowest BCUT2D eigenvalue weighted by atomic mass is 9.43. The first-order valence-corrected chi connectivity index (χ1v) is 15.0. The monoisotopic (exact) mass is 502 g/mol. The molecule has 1 saturated heterocycles. The standard InChI is InChI=1S/C31H50O5/c1-18(2)9-8-10-19(3)23-11-12-24-22-17-27(35-21(5)33)31-28(36-31)26(34-20(4)32)14-16-30(31,7)25(22)13-15-29(23,24)6/h18-19,22-28H,8-17H2,1-7H3/t19-,22+,23-,24+,25+,26+,27-,28-,29-,30-,31-/m1/s1. The third kappa shape index (κ3) is 3.96. The third-order valence-corrected chi connectivity index (χ3v) is 11.9. The molecule has 0 aromatic carbocycles. The minimum atomic E-state index is -0.492. The maximum atomic E-state index is 12.3. The van der Waals surface area contributed by atoms with Crippen LogP contribution >= 0.6 is 0 Å². The number of carbonyl (C=O) groups excluding carboxylic acids is 2. The third-order valence-electron chi connectivity index (χ3n) is 11.9. The summed E-state index contributed by atoms with van der Waals surface area (Å²) in [6.45, 7) is 15.2. The molecule has 11 atom stereocenters. The molecule has 0 aromatic heterocycles. The molecule has 0 aromatic rings. The molecule has 0 amide bonds. The average molecular weight is 503 g/mol. The molecule has 5 aliphatic rings. The summed E-state index contributed by atoms with van der Waals surface area (Å²) in [7, 11) is 0. The van der Waals surface area contributed by atoms with Crippen molar-refractivity contribution in [2.45, 2.75) is 137 Å². The van der Waals surface area contributed by atoms with Crippen LogP contribution in [0.25, 0.3) is 0 Å². The molecular formula is C31H50O5. The number of ether oxygens (including phenoxy) is 3. The Kier molecular flexibility index (Phi) is 6.83. The van der Waals surface area contributed by atoms with Gasteiger partial charge in [0.1, 0.15) is 23.9 Å². The van der Waals surface area contributed by atoms with Crippen LogP contribution in [0.3, 0.4) is 0 Å². The van der Waals surface area contributed by atoms with E-state index in [1.54, 1.807) is 0 Å². The Morgan fingerprint density at radius 1 is 0.917 bits per heavy atom. The molecule has 1 aliphatic heterocycles. The highest BCUT2D eigenvalue weighted by atomic mass is 16.7. The fourth-order valence-corrected chi connectivity index (χ4v) is 10.4. The van der Waals surface area contributed by atoms with Gasteiger partial charge in [0.2, 0.25) is 0 Å². The molecule has 36 heavy (non-hydrogen) atoms. The summed E-state index contributed by atoms with van der Waals surface area (Å²) < 4.78 is 18.3. The predicted molar refractivity (Wildman–Crippen MR) is 139 cm³/mol.